The monoisotopic (exact) mass is 261 g/mol. The second-order valence-electron chi connectivity index (χ2n) is 4.88. The van der Waals surface area contributed by atoms with Crippen LogP contribution in [0, 0.1) is 5.82 Å². The molecule has 2 heterocycles. The zero-order valence-electron chi connectivity index (χ0n) is 10.6. The second-order valence-corrected chi connectivity index (χ2v) is 4.88. The van der Waals surface area contributed by atoms with Crippen molar-refractivity contribution in [1.82, 2.24) is 15.5 Å². The Labute approximate surface area is 111 Å². The summed E-state index contributed by atoms with van der Waals surface area (Å²) in [5, 5.41) is 7.36. The lowest BCUT2D eigenvalue weighted by molar-refractivity contribution is 0.365. The molecule has 1 aromatic heterocycles. The van der Waals surface area contributed by atoms with E-state index >= 15 is 0 Å². The van der Waals surface area contributed by atoms with Gasteiger partial charge in [0.25, 0.3) is 0 Å². The molecule has 0 unspecified atom stereocenters. The molecule has 0 bridgehead atoms. The third-order valence-electron chi connectivity index (χ3n) is 3.43. The van der Waals surface area contributed by atoms with Crippen LogP contribution in [0.4, 0.5) is 4.39 Å². The number of rotatable bonds is 3. The van der Waals surface area contributed by atoms with Crippen molar-refractivity contribution < 1.29 is 8.91 Å². The fraction of sp³-hybridized carbons (Fsp3) is 0.429. The van der Waals surface area contributed by atoms with E-state index in [1.54, 1.807) is 6.07 Å². The van der Waals surface area contributed by atoms with Gasteiger partial charge in [-0.2, -0.15) is 4.98 Å². The van der Waals surface area contributed by atoms with Crippen molar-refractivity contribution >= 4 is 0 Å². The Morgan fingerprint density at radius 3 is 2.95 bits per heavy atom. The molecule has 19 heavy (non-hydrogen) atoms. The van der Waals surface area contributed by atoms with Gasteiger partial charge in [-0.3, -0.25) is 0 Å². The first-order valence-corrected chi connectivity index (χ1v) is 6.59. The molecule has 1 aliphatic heterocycles. The molecular weight excluding hydrogens is 245 g/mol. The van der Waals surface area contributed by atoms with E-state index in [1.807, 2.05) is 6.07 Å². The molecule has 4 nitrogen and oxygen atoms in total. The molecule has 5 heteroatoms. The van der Waals surface area contributed by atoms with Crippen LogP contribution in [0.2, 0.25) is 0 Å². The van der Waals surface area contributed by atoms with Gasteiger partial charge in [0.1, 0.15) is 5.82 Å². The van der Waals surface area contributed by atoms with E-state index in [9.17, 15) is 4.39 Å². The first-order chi connectivity index (χ1) is 9.31. The predicted molar refractivity (Wildman–Crippen MR) is 68.3 cm³/mol. The van der Waals surface area contributed by atoms with Crippen molar-refractivity contribution in [2.75, 3.05) is 13.1 Å². The fourth-order valence-corrected chi connectivity index (χ4v) is 2.41. The van der Waals surface area contributed by atoms with Gasteiger partial charge in [0.05, 0.1) is 6.42 Å². The largest absolute Gasteiger partial charge is 0.339 e. The molecule has 3 rings (SSSR count). The van der Waals surface area contributed by atoms with Crippen molar-refractivity contribution in [2.24, 2.45) is 0 Å². The number of aromatic nitrogens is 2. The molecule has 1 saturated heterocycles. The van der Waals surface area contributed by atoms with Gasteiger partial charge >= 0.3 is 0 Å². The van der Waals surface area contributed by atoms with Crippen molar-refractivity contribution in [1.29, 1.82) is 0 Å². The average molecular weight is 261 g/mol. The maximum Gasteiger partial charge on any atom is 0.231 e. The zero-order chi connectivity index (χ0) is 13.1. The third kappa shape index (κ3) is 2.98. The lowest BCUT2D eigenvalue weighted by atomic mass is 9.98. The van der Waals surface area contributed by atoms with Crippen molar-refractivity contribution in [3.05, 3.63) is 47.4 Å². The summed E-state index contributed by atoms with van der Waals surface area (Å²) in [4.78, 5) is 4.43. The van der Waals surface area contributed by atoms with E-state index in [0.717, 1.165) is 37.3 Å². The summed E-state index contributed by atoms with van der Waals surface area (Å²) < 4.78 is 18.4. The van der Waals surface area contributed by atoms with E-state index in [4.69, 9.17) is 4.52 Å². The van der Waals surface area contributed by atoms with E-state index in [1.165, 1.54) is 12.1 Å². The molecular formula is C14H16FN3O. The number of hydrogen-bond donors (Lipinski definition) is 1. The highest BCUT2D eigenvalue weighted by Gasteiger charge is 2.20. The highest BCUT2D eigenvalue weighted by molar-refractivity contribution is 5.19. The molecule has 0 saturated carbocycles. The van der Waals surface area contributed by atoms with Crippen LogP contribution in [-0.4, -0.2) is 23.2 Å². The maximum absolute atomic E-state index is 13.1. The Hall–Kier alpha value is -1.75. The Morgan fingerprint density at radius 2 is 2.16 bits per heavy atom. The van der Waals surface area contributed by atoms with Gasteiger partial charge in [-0.05, 0) is 43.6 Å². The van der Waals surface area contributed by atoms with Crippen LogP contribution in [0.5, 0.6) is 0 Å². The number of halogens is 1. The number of benzene rings is 1. The summed E-state index contributed by atoms with van der Waals surface area (Å²) in [6, 6.07) is 6.47. The van der Waals surface area contributed by atoms with E-state index in [0.29, 0.717) is 18.2 Å². The van der Waals surface area contributed by atoms with E-state index in [2.05, 4.69) is 15.5 Å². The van der Waals surface area contributed by atoms with Gasteiger partial charge in [0, 0.05) is 5.92 Å². The van der Waals surface area contributed by atoms with Gasteiger partial charge < -0.3 is 9.84 Å². The Morgan fingerprint density at radius 1 is 1.32 bits per heavy atom. The highest BCUT2D eigenvalue weighted by atomic mass is 19.1. The first kappa shape index (κ1) is 12.3. The van der Waals surface area contributed by atoms with Crippen molar-refractivity contribution in [2.45, 2.75) is 25.2 Å². The second kappa shape index (κ2) is 5.48. The maximum atomic E-state index is 13.1. The molecule has 0 atom stereocenters. The van der Waals surface area contributed by atoms with Crippen LogP contribution >= 0.6 is 0 Å². The smallest absolute Gasteiger partial charge is 0.231 e. The molecule has 2 aromatic rings. The predicted octanol–water partition coefficient (Wildman–Crippen LogP) is 2.27. The summed E-state index contributed by atoms with van der Waals surface area (Å²) in [6.07, 6.45) is 2.56. The summed E-state index contributed by atoms with van der Waals surface area (Å²) in [5.74, 6) is 1.48. The molecule has 1 N–H and O–H groups in total. The molecule has 1 aromatic carbocycles. The summed E-state index contributed by atoms with van der Waals surface area (Å²) >= 11 is 0. The van der Waals surface area contributed by atoms with Crippen molar-refractivity contribution in [3.63, 3.8) is 0 Å². The summed E-state index contributed by atoms with van der Waals surface area (Å²) in [6.45, 7) is 2.00. The zero-order valence-corrected chi connectivity index (χ0v) is 10.6. The third-order valence-corrected chi connectivity index (χ3v) is 3.43. The molecule has 0 radical (unpaired) electrons. The van der Waals surface area contributed by atoms with Gasteiger partial charge in [0.15, 0.2) is 5.82 Å². The molecule has 0 amide bonds. The lowest BCUT2D eigenvalue weighted by Crippen LogP contribution is -2.27. The number of hydrogen-bond acceptors (Lipinski definition) is 4. The summed E-state index contributed by atoms with van der Waals surface area (Å²) in [7, 11) is 0. The van der Waals surface area contributed by atoms with Crippen LogP contribution in [-0.2, 0) is 6.42 Å². The molecule has 0 aliphatic carbocycles. The molecule has 1 aliphatic rings. The van der Waals surface area contributed by atoms with Crippen LogP contribution in [0.1, 0.15) is 36.0 Å². The molecule has 0 spiro atoms. The van der Waals surface area contributed by atoms with Gasteiger partial charge in [-0.25, -0.2) is 4.39 Å². The standard InChI is InChI=1S/C14H16FN3O/c15-12-3-1-2-10(8-12)9-13-17-14(18-19-13)11-4-6-16-7-5-11/h1-3,8,11,16H,4-7,9H2. The first-order valence-electron chi connectivity index (χ1n) is 6.59. The Bertz CT molecular complexity index is 549. The number of nitrogens with zero attached hydrogens (tertiary/aromatic N) is 2. The van der Waals surface area contributed by atoms with Crippen molar-refractivity contribution in [3.8, 4) is 0 Å². The molecule has 100 valence electrons. The van der Waals surface area contributed by atoms with Crippen LogP contribution in [0.3, 0.4) is 0 Å². The minimum absolute atomic E-state index is 0.240. The minimum atomic E-state index is -0.240. The Balaban J connectivity index is 1.70. The van der Waals surface area contributed by atoms with Gasteiger partial charge in [-0.1, -0.05) is 17.3 Å². The van der Waals surface area contributed by atoms with Crippen LogP contribution < -0.4 is 5.32 Å². The highest BCUT2D eigenvalue weighted by Crippen LogP contribution is 2.22. The lowest BCUT2D eigenvalue weighted by Gasteiger charge is -2.18. The van der Waals surface area contributed by atoms with Gasteiger partial charge in [0.2, 0.25) is 5.89 Å². The quantitative estimate of drug-likeness (QED) is 0.920. The van der Waals surface area contributed by atoms with Crippen LogP contribution in [0.25, 0.3) is 0 Å². The number of piperidine rings is 1. The Kier molecular flexibility index (Phi) is 3.55. The fourth-order valence-electron chi connectivity index (χ4n) is 2.41. The summed E-state index contributed by atoms with van der Waals surface area (Å²) in [5.41, 5.74) is 0.848. The van der Waals surface area contributed by atoms with Gasteiger partial charge in [-0.15, -0.1) is 0 Å². The number of nitrogens with one attached hydrogen (secondary N) is 1. The SMILES string of the molecule is Fc1cccc(Cc2nc(C3CCNCC3)no2)c1. The van der Waals surface area contributed by atoms with Crippen LogP contribution in [0.15, 0.2) is 28.8 Å². The van der Waals surface area contributed by atoms with E-state index in [-0.39, 0.29) is 5.82 Å². The minimum Gasteiger partial charge on any atom is -0.339 e. The average Bonchev–Trinajstić information content (AvgIpc) is 2.88. The van der Waals surface area contributed by atoms with E-state index < -0.39 is 0 Å². The molecule has 1 fully saturated rings. The normalized spacial score (nSPS) is 16.7. The topological polar surface area (TPSA) is 51.0 Å².